The molecule has 0 saturated heterocycles. The summed E-state index contributed by atoms with van der Waals surface area (Å²) in [5.41, 5.74) is 5.94. The third-order valence-electron chi connectivity index (χ3n) is 3.54. The molecule has 0 atom stereocenters. The summed E-state index contributed by atoms with van der Waals surface area (Å²) in [4.78, 5) is 4.72. The molecule has 1 aliphatic heterocycles. The predicted molar refractivity (Wildman–Crippen MR) is 78.4 cm³/mol. The van der Waals surface area contributed by atoms with Gasteiger partial charge in [-0.25, -0.2) is 0 Å². The van der Waals surface area contributed by atoms with Crippen LogP contribution in [-0.2, 0) is 6.42 Å². The molecule has 0 fully saturated rings. The molecule has 0 saturated carbocycles. The van der Waals surface area contributed by atoms with Gasteiger partial charge in [-0.3, -0.25) is 4.99 Å². The molecule has 3 rings (SSSR count). The van der Waals surface area contributed by atoms with Crippen LogP contribution in [0.5, 0.6) is 5.75 Å². The molecule has 19 heavy (non-hydrogen) atoms. The molecule has 0 bridgehead atoms. The smallest absolute Gasteiger partial charge is 0.128 e. The van der Waals surface area contributed by atoms with Crippen molar-refractivity contribution in [3.05, 3.63) is 64.7 Å². The van der Waals surface area contributed by atoms with E-state index in [0.717, 1.165) is 30.0 Å². The van der Waals surface area contributed by atoms with Crippen molar-refractivity contribution in [2.45, 2.75) is 13.3 Å². The Morgan fingerprint density at radius 1 is 1.05 bits per heavy atom. The SMILES string of the molecule is COc1cc(C)ccc1C1=NCCc2ccccc21. The van der Waals surface area contributed by atoms with Crippen molar-refractivity contribution in [3.63, 3.8) is 0 Å². The Hall–Kier alpha value is -2.09. The summed E-state index contributed by atoms with van der Waals surface area (Å²) in [7, 11) is 1.72. The van der Waals surface area contributed by atoms with Crippen LogP contribution in [0.15, 0.2) is 47.5 Å². The van der Waals surface area contributed by atoms with Gasteiger partial charge in [0.1, 0.15) is 5.75 Å². The Morgan fingerprint density at radius 3 is 2.74 bits per heavy atom. The maximum atomic E-state index is 5.51. The number of hydrogen-bond acceptors (Lipinski definition) is 2. The summed E-state index contributed by atoms with van der Waals surface area (Å²) < 4.78 is 5.51. The highest BCUT2D eigenvalue weighted by Crippen LogP contribution is 2.27. The van der Waals surface area contributed by atoms with E-state index in [2.05, 4.69) is 49.4 Å². The maximum Gasteiger partial charge on any atom is 0.128 e. The van der Waals surface area contributed by atoms with Crippen LogP contribution >= 0.6 is 0 Å². The zero-order chi connectivity index (χ0) is 13.2. The fraction of sp³-hybridized carbons (Fsp3) is 0.235. The van der Waals surface area contributed by atoms with Gasteiger partial charge in [0.25, 0.3) is 0 Å². The molecule has 0 radical (unpaired) electrons. The van der Waals surface area contributed by atoms with Crippen molar-refractivity contribution in [3.8, 4) is 5.75 Å². The van der Waals surface area contributed by atoms with Crippen LogP contribution < -0.4 is 4.74 Å². The van der Waals surface area contributed by atoms with Gasteiger partial charge in [0.15, 0.2) is 0 Å². The molecule has 2 nitrogen and oxygen atoms in total. The Balaban J connectivity index is 2.15. The van der Waals surface area contributed by atoms with Gasteiger partial charge in [-0.2, -0.15) is 0 Å². The lowest BCUT2D eigenvalue weighted by Gasteiger charge is -2.19. The number of fused-ring (bicyclic) bond motifs is 1. The van der Waals surface area contributed by atoms with E-state index in [9.17, 15) is 0 Å². The minimum Gasteiger partial charge on any atom is -0.496 e. The quantitative estimate of drug-likeness (QED) is 0.801. The number of methoxy groups -OCH3 is 1. The second-order valence-electron chi connectivity index (χ2n) is 4.84. The Labute approximate surface area is 113 Å². The van der Waals surface area contributed by atoms with E-state index in [1.54, 1.807) is 7.11 Å². The number of aliphatic imine (C=N–C) groups is 1. The average molecular weight is 251 g/mol. The first-order valence-corrected chi connectivity index (χ1v) is 6.57. The van der Waals surface area contributed by atoms with Crippen LogP contribution in [0.4, 0.5) is 0 Å². The van der Waals surface area contributed by atoms with Gasteiger partial charge >= 0.3 is 0 Å². The van der Waals surface area contributed by atoms with Gasteiger partial charge < -0.3 is 4.74 Å². The first-order valence-electron chi connectivity index (χ1n) is 6.57. The second kappa shape index (κ2) is 4.88. The van der Waals surface area contributed by atoms with E-state index < -0.39 is 0 Å². The summed E-state index contributed by atoms with van der Waals surface area (Å²) >= 11 is 0. The van der Waals surface area contributed by atoms with Gasteiger partial charge in [-0.1, -0.05) is 30.3 Å². The standard InChI is InChI=1S/C17H17NO/c1-12-7-8-15(16(11-12)19-2)17-14-6-4-3-5-13(14)9-10-18-17/h3-8,11H,9-10H2,1-2H3. The predicted octanol–water partition coefficient (Wildman–Crippen LogP) is 3.40. The van der Waals surface area contributed by atoms with E-state index in [4.69, 9.17) is 9.73 Å². The maximum absolute atomic E-state index is 5.51. The molecule has 0 spiro atoms. The summed E-state index contributed by atoms with van der Waals surface area (Å²) in [6.45, 7) is 2.92. The highest BCUT2D eigenvalue weighted by molar-refractivity contribution is 6.15. The fourth-order valence-electron chi connectivity index (χ4n) is 2.57. The van der Waals surface area contributed by atoms with Crippen molar-refractivity contribution in [2.75, 3.05) is 13.7 Å². The number of benzene rings is 2. The second-order valence-corrected chi connectivity index (χ2v) is 4.84. The van der Waals surface area contributed by atoms with Crippen LogP contribution in [0.2, 0.25) is 0 Å². The molecule has 1 aliphatic rings. The van der Waals surface area contributed by atoms with Gasteiger partial charge in [0.05, 0.1) is 12.8 Å². The van der Waals surface area contributed by atoms with E-state index >= 15 is 0 Å². The van der Waals surface area contributed by atoms with Crippen LogP contribution in [0.1, 0.15) is 22.3 Å². The molecule has 0 amide bonds. The Morgan fingerprint density at radius 2 is 1.89 bits per heavy atom. The lowest BCUT2D eigenvalue weighted by molar-refractivity contribution is 0.413. The number of nitrogens with zero attached hydrogens (tertiary/aromatic N) is 1. The lowest BCUT2D eigenvalue weighted by atomic mass is 9.92. The third-order valence-corrected chi connectivity index (χ3v) is 3.54. The number of hydrogen-bond donors (Lipinski definition) is 0. The van der Waals surface area contributed by atoms with Gasteiger partial charge in [0, 0.05) is 17.7 Å². The van der Waals surface area contributed by atoms with E-state index in [1.165, 1.54) is 16.7 Å². The molecule has 0 aliphatic carbocycles. The molecular formula is C17H17NO. The highest BCUT2D eigenvalue weighted by atomic mass is 16.5. The van der Waals surface area contributed by atoms with Crippen molar-refractivity contribution in [1.29, 1.82) is 0 Å². The zero-order valence-electron chi connectivity index (χ0n) is 11.3. The molecular weight excluding hydrogens is 234 g/mol. The van der Waals surface area contributed by atoms with E-state index in [-0.39, 0.29) is 0 Å². The largest absolute Gasteiger partial charge is 0.496 e. The fourth-order valence-corrected chi connectivity index (χ4v) is 2.57. The van der Waals surface area contributed by atoms with E-state index in [0.29, 0.717) is 0 Å². The number of ether oxygens (including phenoxy) is 1. The minimum absolute atomic E-state index is 0.851. The summed E-state index contributed by atoms with van der Waals surface area (Å²) in [5.74, 6) is 0.899. The summed E-state index contributed by atoms with van der Waals surface area (Å²) in [5, 5.41) is 0. The summed E-state index contributed by atoms with van der Waals surface area (Å²) in [6, 6.07) is 14.8. The van der Waals surface area contributed by atoms with Crippen molar-refractivity contribution in [1.82, 2.24) is 0 Å². The summed E-state index contributed by atoms with van der Waals surface area (Å²) in [6.07, 6.45) is 1.02. The minimum atomic E-state index is 0.851. The van der Waals surface area contributed by atoms with Crippen LogP contribution in [-0.4, -0.2) is 19.4 Å². The normalized spacial score (nSPS) is 13.7. The lowest BCUT2D eigenvalue weighted by Crippen LogP contribution is -2.14. The molecule has 96 valence electrons. The average Bonchev–Trinajstić information content (AvgIpc) is 2.46. The molecule has 2 aromatic carbocycles. The number of aryl methyl sites for hydroxylation is 1. The first-order chi connectivity index (χ1) is 9.29. The topological polar surface area (TPSA) is 21.6 Å². The van der Waals surface area contributed by atoms with Gasteiger partial charge in [-0.05, 0) is 36.6 Å². The zero-order valence-corrected chi connectivity index (χ0v) is 11.3. The van der Waals surface area contributed by atoms with Crippen LogP contribution in [0.3, 0.4) is 0 Å². The third kappa shape index (κ3) is 2.14. The molecule has 2 heteroatoms. The highest BCUT2D eigenvalue weighted by Gasteiger charge is 2.18. The van der Waals surface area contributed by atoms with Crippen molar-refractivity contribution < 1.29 is 4.74 Å². The van der Waals surface area contributed by atoms with Crippen molar-refractivity contribution in [2.24, 2.45) is 4.99 Å². The van der Waals surface area contributed by atoms with Gasteiger partial charge in [-0.15, -0.1) is 0 Å². The Kier molecular flexibility index (Phi) is 3.08. The van der Waals surface area contributed by atoms with Crippen LogP contribution in [0, 0.1) is 6.92 Å². The monoisotopic (exact) mass is 251 g/mol. The molecule has 0 unspecified atom stereocenters. The molecule has 1 heterocycles. The number of rotatable bonds is 2. The van der Waals surface area contributed by atoms with E-state index in [1.807, 2.05) is 0 Å². The Bertz CT molecular complexity index is 643. The molecule has 0 N–H and O–H groups in total. The first kappa shape index (κ1) is 12.0. The molecule has 0 aromatic heterocycles. The van der Waals surface area contributed by atoms with Crippen molar-refractivity contribution >= 4 is 5.71 Å². The van der Waals surface area contributed by atoms with Crippen LogP contribution in [0.25, 0.3) is 0 Å². The molecule has 2 aromatic rings. The van der Waals surface area contributed by atoms with Gasteiger partial charge in [0.2, 0.25) is 0 Å².